The lowest BCUT2D eigenvalue weighted by molar-refractivity contribution is 0.337. The van der Waals surface area contributed by atoms with Crippen LogP contribution in [0.5, 0.6) is 0 Å². The lowest BCUT2D eigenvalue weighted by atomic mass is 10.1. The van der Waals surface area contributed by atoms with Crippen LogP contribution in [0.1, 0.15) is 27.7 Å². The zero-order valence-corrected chi connectivity index (χ0v) is 9.97. The molecule has 0 amide bonds. The van der Waals surface area contributed by atoms with Crippen LogP contribution in [0.3, 0.4) is 0 Å². The van der Waals surface area contributed by atoms with Crippen LogP contribution >= 0.6 is 12.2 Å². The Labute approximate surface area is 86.9 Å². The molecule has 0 N–H and O–H groups in total. The highest BCUT2D eigenvalue weighted by Gasteiger charge is 2.05. The third kappa shape index (κ3) is 5.72. The summed E-state index contributed by atoms with van der Waals surface area (Å²) in [6.07, 6.45) is 0. The van der Waals surface area contributed by atoms with Crippen molar-refractivity contribution in [3.63, 3.8) is 0 Å². The summed E-state index contributed by atoms with van der Waals surface area (Å²) >= 11 is 9.99. The highest BCUT2D eigenvalue weighted by molar-refractivity contribution is 8.00. The summed E-state index contributed by atoms with van der Waals surface area (Å²) in [6, 6.07) is 0. The monoisotopic (exact) mass is 204 g/mol. The number of hydrogen-bond acceptors (Lipinski definition) is 2. The van der Waals surface area contributed by atoms with E-state index in [1.807, 2.05) is 0 Å². The van der Waals surface area contributed by atoms with E-state index < -0.39 is 0 Å². The molecule has 0 radical (unpaired) electrons. The van der Waals surface area contributed by atoms with Gasteiger partial charge in [-0.05, 0) is 11.8 Å². The van der Waals surface area contributed by atoms with Crippen LogP contribution in [0.2, 0.25) is 0 Å². The van der Waals surface area contributed by atoms with E-state index in [1.165, 1.54) is 0 Å². The van der Waals surface area contributed by atoms with Crippen LogP contribution in [-0.2, 0) is 12.6 Å². The van der Waals surface area contributed by atoms with Crippen molar-refractivity contribution in [2.75, 3.05) is 13.1 Å². The van der Waals surface area contributed by atoms with Gasteiger partial charge in [0.1, 0.15) is 0 Å². The zero-order chi connectivity index (χ0) is 9.72. The average molecular weight is 204 g/mol. The molecule has 0 aliphatic rings. The first-order valence-corrected chi connectivity index (χ1v) is 5.21. The van der Waals surface area contributed by atoms with Crippen LogP contribution in [0.4, 0.5) is 0 Å². The normalized spacial score (nSPS) is 10.8. The van der Waals surface area contributed by atoms with Gasteiger partial charge >= 0.3 is 0 Å². The molecule has 0 unspecified atom stereocenters. The summed E-state index contributed by atoms with van der Waals surface area (Å²) in [6.45, 7) is 10.7. The molecule has 72 valence electrons. The van der Waals surface area contributed by atoms with Gasteiger partial charge in [0.25, 0.3) is 0 Å². The van der Waals surface area contributed by atoms with Crippen LogP contribution < -0.4 is 0 Å². The smallest absolute Gasteiger partial charge is 0.0185 e. The molecule has 0 aromatic rings. The highest BCUT2D eigenvalue weighted by atomic mass is 32.1. The van der Waals surface area contributed by atoms with E-state index in [9.17, 15) is 0 Å². The molecule has 0 saturated carbocycles. The molecule has 0 aromatic carbocycles. The second-order valence-electron chi connectivity index (χ2n) is 3.96. The van der Waals surface area contributed by atoms with Gasteiger partial charge in [-0.1, -0.05) is 32.0 Å². The molecule has 0 heterocycles. The van der Waals surface area contributed by atoms with Gasteiger partial charge in [0.05, 0.1) is 0 Å². The maximum Gasteiger partial charge on any atom is 0.0185 e. The number of thiocarbonyl (C=S) groups is 1. The Hall–Kier alpha value is 0.110. The molecular weight excluding hydrogens is 186 g/mol. The van der Waals surface area contributed by atoms with E-state index in [0.717, 1.165) is 13.1 Å². The van der Waals surface area contributed by atoms with Crippen LogP contribution in [0.25, 0.3) is 0 Å². The Bertz CT molecular complexity index is 133. The SMILES string of the molecule is CC(C)CN(CC(C)C)C(=S)[S-]. The fraction of sp³-hybridized carbons (Fsp3) is 0.889. The van der Waals surface area contributed by atoms with E-state index in [2.05, 4.69) is 32.6 Å². The number of nitrogens with zero attached hydrogens (tertiary/aromatic N) is 1. The lowest BCUT2D eigenvalue weighted by Crippen LogP contribution is -2.34. The fourth-order valence-electron chi connectivity index (χ4n) is 1.11. The number of hydrogen-bond donors (Lipinski definition) is 0. The summed E-state index contributed by atoms with van der Waals surface area (Å²) in [5.41, 5.74) is 0. The summed E-state index contributed by atoms with van der Waals surface area (Å²) in [4.78, 5) is 2.11. The second kappa shape index (κ2) is 5.70. The average Bonchev–Trinajstić information content (AvgIpc) is 1.83. The van der Waals surface area contributed by atoms with Gasteiger partial charge in [-0.3, -0.25) is 0 Å². The van der Waals surface area contributed by atoms with Gasteiger partial charge in [-0.25, -0.2) is 0 Å². The fourth-order valence-corrected chi connectivity index (χ4v) is 1.40. The summed E-state index contributed by atoms with van der Waals surface area (Å²) in [5, 5.41) is 0. The summed E-state index contributed by atoms with van der Waals surface area (Å²) in [5.74, 6) is 1.26. The van der Waals surface area contributed by atoms with E-state index in [1.54, 1.807) is 0 Å². The number of rotatable bonds is 4. The van der Waals surface area contributed by atoms with E-state index in [4.69, 9.17) is 24.8 Å². The van der Waals surface area contributed by atoms with Crippen LogP contribution in [0.15, 0.2) is 0 Å². The molecule has 0 atom stereocenters. The van der Waals surface area contributed by atoms with E-state index in [-0.39, 0.29) is 0 Å². The topological polar surface area (TPSA) is 3.24 Å². The first kappa shape index (κ1) is 12.1. The predicted octanol–water partition coefficient (Wildman–Crippen LogP) is 2.43. The van der Waals surface area contributed by atoms with Crippen molar-refractivity contribution in [2.24, 2.45) is 11.8 Å². The summed E-state index contributed by atoms with van der Waals surface area (Å²) < 4.78 is 0.609. The molecule has 3 heteroatoms. The van der Waals surface area contributed by atoms with Gasteiger partial charge < -0.3 is 29.7 Å². The first-order valence-electron chi connectivity index (χ1n) is 4.39. The molecule has 0 saturated heterocycles. The van der Waals surface area contributed by atoms with Gasteiger partial charge in [0.15, 0.2) is 0 Å². The molecule has 0 fully saturated rings. The first-order chi connectivity index (χ1) is 5.43. The molecule has 0 aliphatic carbocycles. The quantitative estimate of drug-likeness (QED) is 0.511. The van der Waals surface area contributed by atoms with E-state index in [0.29, 0.717) is 16.2 Å². The minimum Gasteiger partial charge on any atom is -0.411 e. The van der Waals surface area contributed by atoms with Gasteiger partial charge in [0.2, 0.25) is 0 Å². The minimum atomic E-state index is 0.609. The Kier molecular flexibility index (Phi) is 5.76. The predicted molar refractivity (Wildman–Crippen MR) is 61.2 cm³/mol. The molecule has 0 aliphatic heterocycles. The maximum absolute atomic E-state index is 4.99. The molecule has 12 heavy (non-hydrogen) atoms. The molecule has 0 spiro atoms. The Balaban J connectivity index is 3.96. The molecule has 0 aromatic heterocycles. The van der Waals surface area contributed by atoms with Crippen molar-refractivity contribution in [3.05, 3.63) is 0 Å². The summed E-state index contributed by atoms with van der Waals surface area (Å²) in [7, 11) is 0. The third-order valence-electron chi connectivity index (χ3n) is 1.43. The minimum absolute atomic E-state index is 0.609. The standard InChI is InChI=1S/C9H19NS2/c1-7(2)5-10(9(11)12)6-8(3)4/h7-8H,5-6H2,1-4H3,(H,11,12)/p-1. The highest BCUT2D eigenvalue weighted by Crippen LogP contribution is 2.04. The van der Waals surface area contributed by atoms with Crippen molar-refractivity contribution in [2.45, 2.75) is 27.7 Å². The molecular formula is C9H18NS2-. The largest absolute Gasteiger partial charge is 0.411 e. The van der Waals surface area contributed by atoms with Gasteiger partial charge in [0, 0.05) is 13.1 Å². The van der Waals surface area contributed by atoms with Crippen molar-refractivity contribution in [1.29, 1.82) is 0 Å². The Morgan fingerprint density at radius 2 is 1.50 bits per heavy atom. The van der Waals surface area contributed by atoms with Crippen molar-refractivity contribution >= 4 is 29.2 Å². The van der Waals surface area contributed by atoms with Crippen molar-refractivity contribution in [3.8, 4) is 0 Å². The molecule has 0 bridgehead atoms. The Morgan fingerprint density at radius 1 is 1.17 bits per heavy atom. The van der Waals surface area contributed by atoms with Crippen molar-refractivity contribution < 1.29 is 0 Å². The van der Waals surface area contributed by atoms with Gasteiger partial charge in [-0.2, -0.15) is 0 Å². The Morgan fingerprint density at radius 3 is 1.67 bits per heavy atom. The van der Waals surface area contributed by atoms with Crippen LogP contribution in [-0.4, -0.2) is 22.3 Å². The zero-order valence-electron chi connectivity index (χ0n) is 8.33. The van der Waals surface area contributed by atoms with Crippen molar-refractivity contribution in [1.82, 2.24) is 4.90 Å². The van der Waals surface area contributed by atoms with E-state index >= 15 is 0 Å². The second-order valence-corrected chi connectivity index (χ2v) is 4.99. The van der Waals surface area contributed by atoms with Gasteiger partial charge in [-0.15, -0.1) is 0 Å². The lowest BCUT2D eigenvalue weighted by Gasteiger charge is -2.31. The van der Waals surface area contributed by atoms with Crippen LogP contribution in [0, 0.1) is 11.8 Å². The third-order valence-corrected chi connectivity index (χ3v) is 1.95. The molecule has 1 nitrogen and oxygen atoms in total. The molecule has 0 rings (SSSR count). The maximum atomic E-state index is 4.99.